The summed E-state index contributed by atoms with van der Waals surface area (Å²) in [5.74, 6) is 0. The predicted octanol–water partition coefficient (Wildman–Crippen LogP) is 2.03. The SMILES string of the molecule is CCNC(C)CCc1c(Cl)cnn1CCN(C)C. The Morgan fingerprint density at radius 1 is 1.50 bits per heavy atom. The summed E-state index contributed by atoms with van der Waals surface area (Å²) in [5.41, 5.74) is 1.16. The largest absolute Gasteiger partial charge is 0.315 e. The lowest BCUT2D eigenvalue weighted by atomic mass is 10.1. The monoisotopic (exact) mass is 272 g/mol. The molecule has 1 rings (SSSR count). The van der Waals surface area contributed by atoms with Gasteiger partial charge in [0.2, 0.25) is 0 Å². The smallest absolute Gasteiger partial charge is 0.0817 e. The molecule has 0 aliphatic heterocycles. The summed E-state index contributed by atoms with van der Waals surface area (Å²) < 4.78 is 2.03. The molecule has 0 radical (unpaired) electrons. The third-order valence-corrected chi connectivity index (χ3v) is 3.34. The van der Waals surface area contributed by atoms with Crippen LogP contribution in [-0.4, -0.2) is 47.9 Å². The van der Waals surface area contributed by atoms with E-state index in [-0.39, 0.29) is 0 Å². The number of likely N-dealkylation sites (N-methyl/N-ethyl adjacent to an activating group) is 1. The Kier molecular flexibility index (Phi) is 6.68. The van der Waals surface area contributed by atoms with E-state index in [1.54, 1.807) is 6.20 Å². The highest BCUT2D eigenvalue weighted by Gasteiger charge is 2.10. The Bertz CT molecular complexity index is 349. The maximum atomic E-state index is 6.20. The summed E-state index contributed by atoms with van der Waals surface area (Å²) in [6, 6.07) is 0.517. The van der Waals surface area contributed by atoms with Gasteiger partial charge in [0.15, 0.2) is 0 Å². The highest BCUT2D eigenvalue weighted by molar-refractivity contribution is 6.31. The number of halogens is 1. The maximum absolute atomic E-state index is 6.20. The van der Waals surface area contributed by atoms with Gasteiger partial charge >= 0.3 is 0 Å². The summed E-state index contributed by atoms with van der Waals surface area (Å²) >= 11 is 6.20. The van der Waals surface area contributed by atoms with Crippen molar-refractivity contribution in [2.45, 2.75) is 39.3 Å². The molecule has 0 aromatic carbocycles. The minimum absolute atomic E-state index is 0.517. The Morgan fingerprint density at radius 3 is 2.83 bits per heavy atom. The van der Waals surface area contributed by atoms with Crippen LogP contribution in [0.4, 0.5) is 0 Å². The molecule has 0 saturated carbocycles. The van der Waals surface area contributed by atoms with Crippen molar-refractivity contribution < 1.29 is 0 Å². The van der Waals surface area contributed by atoms with Crippen LogP contribution in [0.15, 0.2) is 6.20 Å². The molecular weight excluding hydrogens is 248 g/mol. The molecule has 5 heteroatoms. The van der Waals surface area contributed by atoms with Gasteiger partial charge in [-0.1, -0.05) is 18.5 Å². The molecule has 104 valence electrons. The second-order valence-corrected chi connectivity index (χ2v) is 5.37. The van der Waals surface area contributed by atoms with E-state index in [1.165, 1.54) is 0 Å². The summed E-state index contributed by atoms with van der Waals surface area (Å²) in [6.07, 6.45) is 3.81. The van der Waals surface area contributed by atoms with Crippen molar-refractivity contribution >= 4 is 11.6 Å². The topological polar surface area (TPSA) is 33.1 Å². The lowest BCUT2D eigenvalue weighted by molar-refractivity contribution is 0.368. The van der Waals surface area contributed by atoms with Crippen LogP contribution >= 0.6 is 11.6 Å². The fourth-order valence-corrected chi connectivity index (χ4v) is 2.16. The first-order valence-electron chi connectivity index (χ1n) is 6.62. The lowest BCUT2D eigenvalue weighted by Gasteiger charge is -2.14. The zero-order valence-corrected chi connectivity index (χ0v) is 12.7. The van der Waals surface area contributed by atoms with Crippen molar-refractivity contribution in [2.75, 3.05) is 27.2 Å². The molecule has 1 aromatic heterocycles. The number of nitrogens with one attached hydrogen (secondary N) is 1. The molecule has 0 aliphatic carbocycles. The van der Waals surface area contributed by atoms with E-state index in [1.807, 2.05) is 4.68 Å². The number of hydrogen-bond acceptors (Lipinski definition) is 3. The van der Waals surface area contributed by atoms with E-state index in [4.69, 9.17) is 11.6 Å². The summed E-state index contributed by atoms with van der Waals surface area (Å²) in [4.78, 5) is 2.15. The fourth-order valence-electron chi connectivity index (χ4n) is 1.93. The first kappa shape index (κ1) is 15.5. The maximum Gasteiger partial charge on any atom is 0.0817 e. The van der Waals surface area contributed by atoms with Crippen molar-refractivity contribution in [1.29, 1.82) is 0 Å². The van der Waals surface area contributed by atoms with Crippen LogP contribution in [0.25, 0.3) is 0 Å². The molecule has 18 heavy (non-hydrogen) atoms. The van der Waals surface area contributed by atoms with Crippen molar-refractivity contribution in [3.8, 4) is 0 Å². The first-order valence-corrected chi connectivity index (χ1v) is 7.00. The van der Waals surface area contributed by atoms with Gasteiger partial charge in [-0.25, -0.2) is 0 Å². The molecule has 0 fully saturated rings. The molecule has 1 unspecified atom stereocenters. The van der Waals surface area contributed by atoms with E-state index in [0.717, 1.165) is 43.2 Å². The van der Waals surface area contributed by atoms with E-state index < -0.39 is 0 Å². The van der Waals surface area contributed by atoms with Crippen LogP contribution in [0.2, 0.25) is 5.02 Å². The van der Waals surface area contributed by atoms with Gasteiger partial charge in [-0.15, -0.1) is 0 Å². The van der Waals surface area contributed by atoms with Gasteiger partial charge in [-0.05, 0) is 40.4 Å². The molecule has 1 aromatic rings. The third kappa shape index (κ3) is 4.96. The third-order valence-electron chi connectivity index (χ3n) is 3.02. The molecular formula is C13H25ClN4. The molecule has 0 saturated heterocycles. The van der Waals surface area contributed by atoms with Crippen LogP contribution in [0, 0.1) is 0 Å². The van der Waals surface area contributed by atoms with Gasteiger partial charge < -0.3 is 10.2 Å². The molecule has 4 nitrogen and oxygen atoms in total. The van der Waals surface area contributed by atoms with Gasteiger partial charge in [0.25, 0.3) is 0 Å². The van der Waals surface area contributed by atoms with E-state index in [2.05, 4.69) is 43.3 Å². The van der Waals surface area contributed by atoms with Crippen LogP contribution < -0.4 is 5.32 Å². The minimum atomic E-state index is 0.517. The number of aromatic nitrogens is 2. The molecule has 0 spiro atoms. The van der Waals surface area contributed by atoms with Gasteiger partial charge in [0, 0.05) is 12.6 Å². The molecule has 0 aliphatic rings. The Morgan fingerprint density at radius 2 is 2.22 bits per heavy atom. The second kappa shape index (κ2) is 7.77. The van der Waals surface area contributed by atoms with Crippen LogP contribution in [0.1, 0.15) is 26.0 Å². The highest BCUT2D eigenvalue weighted by Crippen LogP contribution is 2.17. The predicted molar refractivity (Wildman–Crippen MR) is 77.3 cm³/mol. The van der Waals surface area contributed by atoms with Crippen molar-refractivity contribution in [1.82, 2.24) is 20.0 Å². The average molecular weight is 273 g/mol. The zero-order chi connectivity index (χ0) is 13.5. The normalized spacial score (nSPS) is 13.2. The number of rotatable bonds is 8. The second-order valence-electron chi connectivity index (χ2n) is 4.96. The quantitative estimate of drug-likeness (QED) is 0.786. The summed E-state index contributed by atoms with van der Waals surface area (Å²) in [6.45, 7) is 7.22. The number of hydrogen-bond donors (Lipinski definition) is 1. The van der Waals surface area contributed by atoms with Gasteiger partial charge in [-0.2, -0.15) is 5.10 Å². The fraction of sp³-hybridized carbons (Fsp3) is 0.769. The lowest BCUT2D eigenvalue weighted by Crippen LogP contribution is -2.26. The first-order chi connectivity index (χ1) is 8.54. The summed E-state index contributed by atoms with van der Waals surface area (Å²) in [5, 5.41) is 8.55. The molecule has 1 N–H and O–H groups in total. The average Bonchev–Trinajstić information content (AvgIpc) is 2.65. The number of nitrogens with zero attached hydrogens (tertiary/aromatic N) is 3. The highest BCUT2D eigenvalue weighted by atomic mass is 35.5. The molecule has 0 amide bonds. The van der Waals surface area contributed by atoms with Crippen LogP contribution in [0.5, 0.6) is 0 Å². The zero-order valence-electron chi connectivity index (χ0n) is 11.9. The summed E-state index contributed by atoms with van der Waals surface area (Å²) in [7, 11) is 4.13. The molecule has 0 bridgehead atoms. The van der Waals surface area contributed by atoms with E-state index in [9.17, 15) is 0 Å². The Balaban J connectivity index is 2.55. The van der Waals surface area contributed by atoms with Crippen LogP contribution in [0.3, 0.4) is 0 Å². The standard InChI is InChI=1S/C13H25ClN4/c1-5-15-11(2)6-7-13-12(14)10-16-18(13)9-8-17(3)4/h10-11,15H,5-9H2,1-4H3. The van der Waals surface area contributed by atoms with E-state index >= 15 is 0 Å². The van der Waals surface area contributed by atoms with Gasteiger partial charge in [-0.3, -0.25) is 4.68 Å². The van der Waals surface area contributed by atoms with Crippen molar-refractivity contribution in [3.05, 3.63) is 16.9 Å². The van der Waals surface area contributed by atoms with Gasteiger partial charge in [0.05, 0.1) is 23.5 Å². The van der Waals surface area contributed by atoms with Gasteiger partial charge in [0.1, 0.15) is 0 Å². The molecule has 1 heterocycles. The Labute approximate surface area is 115 Å². The van der Waals surface area contributed by atoms with Crippen LogP contribution in [-0.2, 0) is 13.0 Å². The van der Waals surface area contributed by atoms with Crippen molar-refractivity contribution in [3.63, 3.8) is 0 Å². The van der Waals surface area contributed by atoms with E-state index in [0.29, 0.717) is 6.04 Å². The van der Waals surface area contributed by atoms with Crippen molar-refractivity contribution in [2.24, 2.45) is 0 Å². The minimum Gasteiger partial charge on any atom is -0.315 e. The Hall–Kier alpha value is -0.580. The molecule has 1 atom stereocenters.